The van der Waals surface area contributed by atoms with Gasteiger partial charge in [-0.2, -0.15) is 10.1 Å². The topological polar surface area (TPSA) is 82.2 Å². The molecule has 0 saturated heterocycles. The molecule has 0 atom stereocenters. The summed E-state index contributed by atoms with van der Waals surface area (Å²) < 4.78 is 39.7. The first kappa shape index (κ1) is 23.1. The van der Waals surface area contributed by atoms with Gasteiger partial charge >= 0.3 is 0 Å². The molecular formula is C24H17ClF3N5O. The van der Waals surface area contributed by atoms with E-state index in [1.165, 1.54) is 42.5 Å². The molecule has 10 heteroatoms. The minimum Gasteiger partial charge on any atom is -0.352 e. The maximum atomic E-state index is 13.3. The number of aromatic amines is 1. The fourth-order valence-corrected chi connectivity index (χ4v) is 3.23. The summed E-state index contributed by atoms with van der Waals surface area (Å²) in [6.45, 7) is 0.126. The van der Waals surface area contributed by atoms with Crippen molar-refractivity contribution in [1.29, 1.82) is 0 Å². The van der Waals surface area contributed by atoms with Crippen LogP contribution in [-0.4, -0.2) is 22.1 Å². The van der Waals surface area contributed by atoms with Crippen LogP contribution in [-0.2, 0) is 6.54 Å². The molecule has 0 fully saturated rings. The predicted molar refractivity (Wildman–Crippen MR) is 124 cm³/mol. The molecule has 1 amide bonds. The zero-order chi connectivity index (χ0) is 24.1. The van der Waals surface area contributed by atoms with E-state index in [0.717, 1.165) is 12.1 Å². The highest BCUT2D eigenvalue weighted by Crippen LogP contribution is 2.20. The lowest BCUT2D eigenvalue weighted by Crippen LogP contribution is -2.31. The largest absolute Gasteiger partial charge is 0.352 e. The van der Waals surface area contributed by atoms with Gasteiger partial charge in [0.25, 0.3) is 5.91 Å². The number of amides is 1. The van der Waals surface area contributed by atoms with Crippen LogP contribution in [0.25, 0.3) is 11.3 Å². The quantitative estimate of drug-likeness (QED) is 0.257. The number of carbonyl (C=O) groups excluding carboxylic acids is 1. The molecule has 0 radical (unpaired) electrons. The van der Waals surface area contributed by atoms with Crippen molar-refractivity contribution >= 4 is 29.3 Å². The van der Waals surface area contributed by atoms with E-state index in [1.54, 1.807) is 18.2 Å². The third-order valence-corrected chi connectivity index (χ3v) is 5.09. The van der Waals surface area contributed by atoms with Crippen LogP contribution in [0, 0.1) is 17.5 Å². The number of nitrogens with one attached hydrogen (secondary N) is 3. The number of H-pyrrole nitrogens is 1. The van der Waals surface area contributed by atoms with Crippen molar-refractivity contribution in [2.75, 3.05) is 5.32 Å². The van der Waals surface area contributed by atoms with Gasteiger partial charge in [-0.25, -0.2) is 13.2 Å². The van der Waals surface area contributed by atoms with Gasteiger partial charge in [0, 0.05) is 28.8 Å². The molecular weight excluding hydrogens is 467 g/mol. The van der Waals surface area contributed by atoms with E-state index in [4.69, 9.17) is 11.6 Å². The summed E-state index contributed by atoms with van der Waals surface area (Å²) in [5.41, 5.74) is 1.97. The average Bonchev–Trinajstić information content (AvgIpc) is 3.27. The standard InChI is InChI=1S/C24H17ClF3N5O/c25-20-11-19(28)10-5-16(20)13-29-24(31-23(34)15-3-8-18(27)9-4-15)30-22-12-21(32-33-22)14-1-6-17(26)7-2-14/h1-12H,13H2,(H3,29,30,31,32,33,34). The highest BCUT2D eigenvalue weighted by molar-refractivity contribution is 6.31. The van der Waals surface area contributed by atoms with Gasteiger partial charge < -0.3 is 10.6 Å². The van der Waals surface area contributed by atoms with Gasteiger partial charge in [-0.3, -0.25) is 9.89 Å². The van der Waals surface area contributed by atoms with Crippen LogP contribution < -0.4 is 10.6 Å². The van der Waals surface area contributed by atoms with E-state index in [9.17, 15) is 18.0 Å². The van der Waals surface area contributed by atoms with Gasteiger partial charge in [-0.05, 0) is 66.2 Å². The molecule has 4 aromatic rings. The van der Waals surface area contributed by atoms with Gasteiger partial charge in [-0.15, -0.1) is 0 Å². The van der Waals surface area contributed by atoms with E-state index in [0.29, 0.717) is 22.6 Å². The molecule has 0 aliphatic rings. The minimum atomic E-state index is -0.626. The Labute approximate surface area is 197 Å². The molecule has 0 unspecified atom stereocenters. The van der Waals surface area contributed by atoms with E-state index in [1.807, 2.05) is 0 Å². The van der Waals surface area contributed by atoms with Gasteiger partial charge in [-0.1, -0.05) is 17.7 Å². The van der Waals surface area contributed by atoms with Crippen LogP contribution in [0.2, 0.25) is 5.02 Å². The Morgan fingerprint density at radius 2 is 1.56 bits per heavy atom. The highest BCUT2D eigenvalue weighted by atomic mass is 35.5. The van der Waals surface area contributed by atoms with Crippen molar-refractivity contribution in [2.24, 2.45) is 4.99 Å². The third kappa shape index (κ3) is 5.81. The summed E-state index contributed by atoms with van der Waals surface area (Å²) in [6.07, 6.45) is 0. The molecule has 0 aliphatic heterocycles. The number of carbonyl (C=O) groups is 1. The number of nitrogens with zero attached hydrogens (tertiary/aromatic N) is 2. The summed E-state index contributed by atoms with van der Waals surface area (Å²) in [5, 5.41) is 13.0. The smallest absolute Gasteiger partial charge is 0.280 e. The van der Waals surface area contributed by atoms with Crippen molar-refractivity contribution in [1.82, 2.24) is 15.5 Å². The van der Waals surface area contributed by atoms with Crippen LogP contribution >= 0.6 is 11.6 Å². The fourth-order valence-electron chi connectivity index (χ4n) is 3.00. The summed E-state index contributed by atoms with van der Waals surface area (Å²) in [6, 6.07) is 16.3. The maximum absolute atomic E-state index is 13.3. The van der Waals surface area contributed by atoms with Crippen molar-refractivity contribution < 1.29 is 18.0 Å². The Morgan fingerprint density at radius 3 is 2.24 bits per heavy atom. The van der Waals surface area contributed by atoms with Crippen molar-refractivity contribution in [2.45, 2.75) is 6.54 Å². The second-order valence-corrected chi connectivity index (χ2v) is 7.57. The molecule has 3 N–H and O–H groups in total. The number of aromatic nitrogens is 2. The summed E-state index contributed by atoms with van der Waals surface area (Å²) in [5.74, 6) is -1.51. The number of benzene rings is 3. The van der Waals surface area contributed by atoms with Crippen molar-refractivity contribution in [3.63, 3.8) is 0 Å². The lowest BCUT2D eigenvalue weighted by atomic mass is 10.1. The molecule has 6 nitrogen and oxygen atoms in total. The number of anilines is 1. The molecule has 0 saturated carbocycles. The summed E-state index contributed by atoms with van der Waals surface area (Å²) in [7, 11) is 0. The highest BCUT2D eigenvalue weighted by Gasteiger charge is 2.11. The normalized spacial score (nSPS) is 11.4. The molecule has 34 heavy (non-hydrogen) atoms. The van der Waals surface area contributed by atoms with Gasteiger partial charge in [0.2, 0.25) is 5.96 Å². The zero-order valence-electron chi connectivity index (χ0n) is 17.4. The van der Waals surface area contributed by atoms with Crippen LogP contribution in [0.15, 0.2) is 77.8 Å². The first-order chi connectivity index (χ1) is 16.4. The predicted octanol–water partition coefficient (Wildman–Crippen LogP) is 5.55. The number of guanidine groups is 1. The Hall–Kier alpha value is -4.11. The van der Waals surface area contributed by atoms with Crippen molar-refractivity contribution in [3.05, 3.63) is 106 Å². The lowest BCUT2D eigenvalue weighted by Gasteiger charge is -2.12. The van der Waals surface area contributed by atoms with E-state index in [-0.39, 0.29) is 28.9 Å². The summed E-state index contributed by atoms with van der Waals surface area (Å²) >= 11 is 6.09. The maximum Gasteiger partial charge on any atom is 0.280 e. The average molecular weight is 484 g/mol. The first-order valence-electron chi connectivity index (χ1n) is 10.0. The lowest BCUT2D eigenvalue weighted by molar-refractivity contribution is 0.100. The molecule has 4 rings (SSSR count). The van der Waals surface area contributed by atoms with E-state index >= 15 is 0 Å². The zero-order valence-corrected chi connectivity index (χ0v) is 18.2. The molecule has 1 aromatic heterocycles. The van der Waals surface area contributed by atoms with E-state index < -0.39 is 17.5 Å². The number of rotatable bonds is 5. The Bertz CT molecular complexity index is 1340. The van der Waals surface area contributed by atoms with Gasteiger partial charge in [0.05, 0.1) is 5.69 Å². The fraction of sp³-hybridized carbons (Fsp3) is 0.0417. The molecule has 3 aromatic carbocycles. The minimum absolute atomic E-state index is 0.0454. The van der Waals surface area contributed by atoms with Gasteiger partial charge in [0.15, 0.2) is 0 Å². The van der Waals surface area contributed by atoms with Crippen LogP contribution in [0.5, 0.6) is 0 Å². The van der Waals surface area contributed by atoms with Crippen LogP contribution in [0.3, 0.4) is 0 Å². The third-order valence-electron chi connectivity index (χ3n) is 4.74. The van der Waals surface area contributed by atoms with Crippen LogP contribution in [0.1, 0.15) is 15.9 Å². The first-order valence-corrected chi connectivity index (χ1v) is 10.4. The number of hydrogen-bond donors (Lipinski definition) is 3. The SMILES string of the molecule is O=C(/N=C(/NCc1ccc(F)cc1Cl)Nc1cc(-c2ccc(F)cc2)n[nH]1)c1ccc(F)cc1. The number of aliphatic imine (C=N–C) groups is 1. The Morgan fingerprint density at radius 1 is 0.912 bits per heavy atom. The molecule has 0 aliphatic carbocycles. The number of hydrogen-bond acceptors (Lipinski definition) is 2. The van der Waals surface area contributed by atoms with Crippen molar-refractivity contribution in [3.8, 4) is 11.3 Å². The van der Waals surface area contributed by atoms with Crippen LogP contribution in [0.4, 0.5) is 19.0 Å². The second-order valence-electron chi connectivity index (χ2n) is 7.16. The number of halogens is 4. The monoisotopic (exact) mass is 483 g/mol. The molecule has 0 bridgehead atoms. The summed E-state index contributed by atoms with van der Waals surface area (Å²) in [4.78, 5) is 16.7. The molecule has 1 heterocycles. The second kappa shape index (κ2) is 10.2. The van der Waals surface area contributed by atoms with E-state index in [2.05, 4.69) is 25.8 Å². The Kier molecular flexibility index (Phi) is 6.93. The molecule has 0 spiro atoms. The van der Waals surface area contributed by atoms with Gasteiger partial charge in [0.1, 0.15) is 23.3 Å². The molecule has 172 valence electrons. The Balaban J connectivity index is 1.57.